The summed E-state index contributed by atoms with van der Waals surface area (Å²) < 4.78 is 69.3. The predicted octanol–water partition coefficient (Wildman–Crippen LogP) is 0.0580. The molecule has 140 valence electrons. The summed E-state index contributed by atoms with van der Waals surface area (Å²) in [5.74, 6) is -1.93. The van der Waals surface area contributed by atoms with Crippen molar-refractivity contribution in [2.24, 2.45) is 0 Å². The Hall–Kier alpha value is -2.35. The molecule has 2 rings (SSSR count). The van der Waals surface area contributed by atoms with Crippen molar-refractivity contribution in [3.05, 3.63) is 53.6 Å². The number of hydrogen-bond acceptors (Lipinski definition) is 8. The maximum Gasteiger partial charge on any atom is 0.310 e. The van der Waals surface area contributed by atoms with E-state index in [0.717, 1.165) is 30.3 Å². The zero-order chi connectivity index (χ0) is 19.7. The number of carbonyl (C=O) groups excluding carboxylic acids is 1. The topological polar surface area (TPSA) is 176 Å². The highest BCUT2D eigenvalue weighted by atomic mass is 32.2. The van der Waals surface area contributed by atoms with Crippen molar-refractivity contribution in [1.29, 1.82) is 0 Å². The van der Waals surface area contributed by atoms with E-state index in [2.05, 4.69) is 4.74 Å². The third-order valence-corrected chi connectivity index (χ3v) is 4.97. The third kappa shape index (κ3) is 4.24. The summed E-state index contributed by atoms with van der Waals surface area (Å²) >= 11 is 0. The van der Waals surface area contributed by atoms with Crippen LogP contribution >= 0.6 is 0 Å². The van der Waals surface area contributed by atoms with Gasteiger partial charge in [0.2, 0.25) is 0 Å². The Balaban J connectivity index is 2.77. The molecule has 0 amide bonds. The van der Waals surface area contributed by atoms with Crippen molar-refractivity contribution < 1.29 is 45.7 Å². The van der Waals surface area contributed by atoms with Crippen LogP contribution in [0.15, 0.2) is 52.3 Å². The van der Waals surface area contributed by atoms with Crippen molar-refractivity contribution in [1.82, 2.24) is 0 Å². The molecule has 0 bridgehead atoms. The van der Waals surface area contributed by atoms with E-state index in [9.17, 15) is 30.7 Å². The van der Waals surface area contributed by atoms with Crippen LogP contribution in [0.25, 0.3) is 0 Å². The molecule has 10 nitrogen and oxygen atoms in total. The molecule has 0 fully saturated rings. The lowest BCUT2D eigenvalue weighted by atomic mass is 10.0. The van der Waals surface area contributed by atoms with Gasteiger partial charge in [-0.3, -0.25) is 13.9 Å². The normalized spacial score (nSPS) is 12.2. The minimum atomic E-state index is -5.09. The van der Waals surface area contributed by atoms with Gasteiger partial charge >= 0.3 is 6.48 Å². The molecule has 0 aliphatic heterocycles. The molecule has 0 radical (unpaired) electrons. The van der Waals surface area contributed by atoms with E-state index >= 15 is 0 Å². The van der Waals surface area contributed by atoms with E-state index < -0.39 is 59.2 Å². The molecule has 26 heavy (non-hydrogen) atoms. The molecule has 2 aromatic rings. The fourth-order valence-corrected chi connectivity index (χ4v) is 3.69. The average Bonchev–Trinajstić information content (AvgIpc) is 2.51. The van der Waals surface area contributed by atoms with Gasteiger partial charge in [0.05, 0.1) is 0 Å². The van der Waals surface area contributed by atoms with Gasteiger partial charge < -0.3 is 14.9 Å². The van der Waals surface area contributed by atoms with Gasteiger partial charge in [-0.25, -0.2) is 0 Å². The van der Waals surface area contributed by atoms with Crippen molar-refractivity contribution in [3.63, 3.8) is 0 Å². The minimum Gasteiger partial charge on any atom is -0.440 e. The molecule has 0 aliphatic rings. The molecule has 0 aliphatic carbocycles. The maximum absolute atomic E-state index is 12.7. The molecule has 2 aromatic carbocycles. The Kier molecular flexibility index (Phi) is 5.46. The average molecular weight is 404 g/mol. The lowest BCUT2D eigenvalue weighted by molar-refractivity contribution is -0.180. The summed E-state index contributed by atoms with van der Waals surface area (Å²) in [5, 5.41) is 17.7. The number of hydrogen-bond donors (Lipinski definition) is 4. The molecule has 0 atom stereocenters. The van der Waals surface area contributed by atoms with Crippen LogP contribution < -0.4 is 4.74 Å². The van der Waals surface area contributed by atoms with Gasteiger partial charge in [0.25, 0.3) is 20.2 Å². The molecule has 4 N–H and O–H groups in total. The van der Waals surface area contributed by atoms with Gasteiger partial charge in [-0.2, -0.15) is 16.8 Å². The van der Waals surface area contributed by atoms with Gasteiger partial charge in [-0.1, -0.05) is 18.2 Å². The van der Waals surface area contributed by atoms with Gasteiger partial charge in [0, 0.05) is 11.1 Å². The van der Waals surface area contributed by atoms with Gasteiger partial charge in [-0.05, 0) is 24.3 Å². The monoisotopic (exact) mass is 404 g/mol. The summed E-state index contributed by atoms with van der Waals surface area (Å²) in [7, 11) is -9.90. The molecule has 0 saturated carbocycles. The number of rotatable bonds is 6. The molecule has 0 unspecified atom stereocenters. The second-order valence-electron chi connectivity index (χ2n) is 4.85. The zero-order valence-electron chi connectivity index (χ0n) is 12.7. The molecule has 0 spiro atoms. The van der Waals surface area contributed by atoms with Crippen LogP contribution in [0.2, 0.25) is 0 Å². The standard InChI is InChI=1S/C14H12O10S2/c15-12(8-4-1-2-7-11(8)25(18,19)20)9-5-3-6-10(24-14(16)17)13(9)26(21,22)23/h1-7,14,16-17H,(H,18,19,20)(H,21,22,23). The quantitative estimate of drug-likeness (QED) is 0.292. The summed E-state index contributed by atoms with van der Waals surface area (Å²) in [5.41, 5.74) is -1.27. The lowest BCUT2D eigenvalue weighted by Crippen LogP contribution is -2.18. The molecule has 12 heteroatoms. The molecule has 0 aromatic heterocycles. The van der Waals surface area contributed by atoms with E-state index in [1.165, 1.54) is 12.1 Å². The molecule has 0 saturated heterocycles. The highest BCUT2D eigenvalue weighted by Gasteiger charge is 2.29. The summed E-state index contributed by atoms with van der Waals surface area (Å²) in [4.78, 5) is 10.8. The van der Waals surface area contributed by atoms with E-state index in [1.54, 1.807) is 0 Å². The van der Waals surface area contributed by atoms with Crippen molar-refractivity contribution >= 4 is 26.0 Å². The van der Waals surface area contributed by atoms with E-state index in [0.29, 0.717) is 0 Å². The van der Waals surface area contributed by atoms with Crippen LogP contribution in [0.5, 0.6) is 5.75 Å². The summed E-state index contributed by atoms with van der Waals surface area (Å²) in [6.45, 7) is -2.45. The van der Waals surface area contributed by atoms with Crippen LogP contribution in [0.3, 0.4) is 0 Å². The van der Waals surface area contributed by atoms with Crippen LogP contribution in [0.1, 0.15) is 15.9 Å². The van der Waals surface area contributed by atoms with Crippen LogP contribution in [0.4, 0.5) is 0 Å². The first-order valence-corrected chi connectivity index (χ1v) is 9.55. The Morgan fingerprint density at radius 3 is 1.96 bits per heavy atom. The number of benzene rings is 2. The fourth-order valence-electron chi connectivity index (χ4n) is 2.19. The smallest absolute Gasteiger partial charge is 0.310 e. The predicted molar refractivity (Wildman–Crippen MR) is 84.8 cm³/mol. The van der Waals surface area contributed by atoms with Crippen LogP contribution in [-0.4, -0.2) is 48.4 Å². The van der Waals surface area contributed by atoms with Crippen LogP contribution in [0, 0.1) is 0 Å². The Morgan fingerprint density at radius 1 is 0.846 bits per heavy atom. The number of carbonyl (C=O) groups is 1. The second-order valence-corrected chi connectivity index (χ2v) is 7.60. The largest absolute Gasteiger partial charge is 0.440 e. The number of aliphatic hydroxyl groups excluding tert-OH is 1. The van der Waals surface area contributed by atoms with Crippen LogP contribution in [-0.2, 0) is 20.2 Å². The number of ether oxygens (including phenoxy) is 1. The van der Waals surface area contributed by atoms with Gasteiger partial charge in [-0.15, -0.1) is 0 Å². The zero-order valence-corrected chi connectivity index (χ0v) is 14.3. The Morgan fingerprint density at radius 2 is 1.42 bits per heavy atom. The minimum absolute atomic E-state index is 0.568. The summed E-state index contributed by atoms with van der Waals surface area (Å²) in [6, 6.07) is 7.44. The first-order valence-electron chi connectivity index (χ1n) is 6.67. The van der Waals surface area contributed by atoms with E-state index in [4.69, 9.17) is 10.2 Å². The first-order chi connectivity index (χ1) is 11.9. The third-order valence-electron chi connectivity index (χ3n) is 3.12. The summed E-state index contributed by atoms with van der Waals surface area (Å²) in [6.07, 6.45) is 0. The van der Waals surface area contributed by atoms with Crippen molar-refractivity contribution in [2.75, 3.05) is 0 Å². The molecular weight excluding hydrogens is 392 g/mol. The van der Waals surface area contributed by atoms with E-state index in [-0.39, 0.29) is 0 Å². The van der Waals surface area contributed by atoms with Crippen molar-refractivity contribution in [2.45, 2.75) is 16.3 Å². The molecule has 0 heterocycles. The van der Waals surface area contributed by atoms with Gasteiger partial charge in [0.1, 0.15) is 15.5 Å². The highest BCUT2D eigenvalue weighted by Crippen LogP contribution is 2.31. The van der Waals surface area contributed by atoms with E-state index in [1.807, 2.05) is 0 Å². The fraction of sp³-hybridized carbons (Fsp3) is 0.0714. The number of aliphatic hydroxyl groups is 2. The maximum atomic E-state index is 12.7. The highest BCUT2D eigenvalue weighted by molar-refractivity contribution is 7.86. The lowest BCUT2D eigenvalue weighted by Gasteiger charge is -2.14. The Labute approximate surface area is 147 Å². The first kappa shape index (κ1) is 20.0. The molecular formula is C14H12O10S2. The number of ketones is 1. The van der Waals surface area contributed by atoms with Crippen molar-refractivity contribution in [3.8, 4) is 5.75 Å². The SMILES string of the molecule is O=C(c1ccccc1S(=O)(=O)O)c1cccc(OC(O)O)c1S(=O)(=O)O. The second kappa shape index (κ2) is 7.11. The van der Waals surface area contributed by atoms with Gasteiger partial charge in [0.15, 0.2) is 5.78 Å². The Bertz CT molecular complexity index is 1050.